The lowest BCUT2D eigenvalue weighted by atomic mass is 10.2. The van der Waals surface area contributed by atoms with Gasteiger partial charge in [0, 0.05) is 31.3 Å². The largest absolute Gasteiger partial charge is 0.489 e. The summed E-state index contributed by atoms with van der Waals surface area (Å²) in [6.45, 7) is 4.60. The van der Waals surface area contributed by atoms with Gasteiger partial charge in [0.2, 0.25) is 15.9 Å². The molecule has 10 heteroatoms. The van der Waals surface area contributed by atoms with E-state index in [1.807, 2.05) is 13.8 Å². The molecule has 0 spiro atoms. The standard InChI is InChI=1S/C24H31F2N3O4S/c1-17(2)33-23-10-9-20(34(31,32)29-11-5-4-6-12-29)14-22(23)27-24(30)16-28(3)15-18-7-8-19(25)13-21(18)26/h7-10,13-14,17H,4-6,11-12,15-16H2,1-3H3,(H,27,30). The number of halogens is 2. The van der Waals surface area contributed by atoms with E-state index in [2.05, 4.69) is 5.32 Å². The molecule has 186 valence electrons. The molecule has 1 aliphatic rings. The molecule has 2 aromatic rings. The Kier molecular flexibility index (Phi) is 8.62. The molecule has 2 aromatic carbocycles. The summed E-state index contributed by atoms with van der Waals surface area (Å²) in [6, 6.07) is 7.75. The topological polar surface area (TPSA) is 79.0 Å². The second-order valence-corrected chi connectivity index (χ2v) is 10.7. The van der Waals surface area contributed by atoms with E-state index in [4.69, 9.17) is 4.74 Å². The zero-order valence-corrected chi connectivity index (χ0v) is 20.5. The molecule has 1 N–H and O–H groups in total. The van der Waals surface area contributed by atoms with E-state index in [0.29, 0.717) is 18.8 Å². The fourth-order valence-electron chi connectivity index (χ4n) is 3.81. The van der Waals surface area contributed by atoms with Gasteiger partial charge in [0.25, 0.3) is 0 Å². The number of ether oxygens (including phenoxy) is 1. The van der Waals surface area contributed by atoms with E-state index in [0.717, 1.165) is 31.4 Å². The molecule has 1 fully saturated rings. The SMILES string of the molecule is CC(C)Oc1ccc(S(=O)(=O)N2CCCCC2)cc1NC(=O)CN(C)Cc1ccc(F)cc1F. The summed E-state index contributed by atoms with van der Waals surface area (Å²) in [4.78, 5) is 14.4. The number of amides is 1. The molecule has 1 heterocycles. The van der Waals surface area contributed by atoms with E-state index in [1.54, 1.807) is 18.0 Å². The Labute approximate surface area is 199 Å². The first-order valence-corrected chi connectivity index (χ1v) is 12.7. The monoisotopic (exact) mass is 495 g/mol. The molecule has 0 saturated carbocycles. The van der Waals surface area contributed by atoms with Crippen LogP contribution in [0.1, 0.15) is 38.7 Å². The van der Waals surface area contributed by atoms with Crippen LogP contribution in [0.5, 0.6) is 5.75 Å². The number of hydrogen-bond acceptors (Lipinski definition) is 5. The molecule has 0 aliphatic carbocycles. The number of likely N-dealkylation sites (N-methyl/N-ethyl adjacent to an activating group) is 1. The maximum atomic E-state index is 13.9. The number of nitrogens with one attached hydrogen (secondary N) is 1. The third kappa shape index (κ3) is 6.74. The minimum atomic E-state index is -3.69. The van der Waals surface area contributed by atoms with Gasteiger partial charge in [-0.25, -0.2) is 17.2 Å². The molecule has 0 bridgehead atoms. The van der Waals surface area contributed by atoms with Gasteiger partial charge < -0.3 is 10.1 Å². The lowest BCUT2D eigenvalue weighted by Crippen LogP contribution is -2.35. The van der Waals surface area contributed by atoms with Crippen LogP contribution in [0.3, 0.4) is 0 Å². The average molecular weight is 496 g/mol. The highest BCUT2D eigenvalue weighted by atomic mass is 32.2. The molecule has 7 nitrogen and oxygen atoms in total. The van der Waals surface area contributed by atoms with Gasteiger partial charge in [0.1, 0.15) is 17.4 Å². The molecule has 1 aliphatic heterocycles. The summed E-state index contributed by atoms with van der Waals surface area (Å²) in [5.74, 6) is -1.42. The van der Waals surface area contributed by atoms with Crippen molar-refractivity contribution in [1.29, 1.82) is 0 Å². The number of sulfonamides is 1. The average Bonchev–Trinajstić information content (AvgIpc) is 2.77. The summed E-state index contributed by atoms with van der Waals surface area (Å²) in [7, 11) is -2.06. The Hall–Kier alpha value is -2.56. The maximum Gasteiger partial charge on any atom is 0.243 e. The number of anilines is 1. The van der Waals surface area contributed by atoms with Crippen LogP contribution in [-0.2, 0) is 21.4 Å². The van der Waals surface area contributed by atoms with Crippen molar-refractivity contribution in [3.8, 4) is 5.75 Å². The maximum absolute atomic E-state index is 13.9. The second kappa shape index (κ2) is 11.2. The minimum absolute atomic E-state index is 0.0857. The van der Waals surface area contributed by atoms with Gasteiger partial charge in [0.05, 0.1) is 23.2 Å². The summed E-state index contributed by atoms with van der Waals surface area (Å²) in [5.41, 5.74) is 0.508. The molecule has 0 atom stereocenters. The van der Waals surface area contributed by atoms with E-state index in [9.17, 15) is 22.0 Å². The fourth-order valence-corrected chi connectivity index (χ4v) is 5.35. The van der Waals surface area contributed by atoms with Gasteiger partial charge in [-0.1, -0.05) is 12.5 Å². The quantitative estimate of drug-likeness (QED) is 0.569. The smallest absolute Gasteiger partial charge is 0.243 e. The van der Waals surface area contributed by atoms with Gasteiger partial charge in [-0.2, -0.15) is 4.31 Å². The van der Waals surface area contributed by atoms with Crippen molar-refractivity contribution in [3.05, 3.63) is 53.6 Å². The predicted octanol–water partition coefficient (Wildman–Crippen LogP) is 4.00. The first-order valence-electron chi connectivity index (χ1n) is 11.3. The molecule has 1 saturated heterocycles. The van der Waals surface area contributed by atoms with Crippen molar-refractivity contribution in [2.24, 2.45) is 0 Å². The van der Waals surface area contributed by atoms with Crippen molar-refractivity contribution < 1.29 is 26.7 Å². The zero-order chi connectivity index (χ0) is 24.9. The molecular weight excluding hydrogens is 464 g/mol. The van der Waals surface area contributed by atoms with Crippen molar-refractivity contribution in [3.63, 3.8) is 0 Å². The molecule has 34 heavy (non-hydrogen) atoms. The fraction of sp³-hybridized carbons (Fsp3) is 0.458. The van der Waals surface area contributed by atoms with E-state index in [1.165, 1.54) is 22.5 Å². The van der Waals surface area contributed by atoms with Crippen molar-refractivity contribution in [2.75, 3.05) is 32.0 Å². The van der Waals surface area contributed by atoms with E-state index >= 15 is 0 Å². The summed E-state index contributed by atoms with van der Waals surface area (Å²) in [5, 5.41) is 2.73. The predicted molar refractivity (Wildman–Crippen MR) is 126 cm³/mol. The molecular formula is C24H31F2N3O4S. The third-order valence-corrected chi connectivity index (χ3v) is 7.30. The van der Waals surface area contributed by atoms with Gasteiger partial charge in [-0.05, 0) is 58.0 Å². The van der Waals surface area contributed by atoms with Crippen LogP contribution in [-0.4, -0.2) is 56.3 Å². The highest BCUT2D eigenvalue weighted by Crippen LogP contribution is 2.31. The van der Waals surface area contributed by atoms with Crippen LogP contribution in [0.25, 0.3) is 0 Å². The van der Waals surface area contributed by atoms with Crippen LogP contribution in [0, 0.1) is 11.6 Å². The molecule has 0 aromatic heterocycles. The van der Waals surface area contributed by atoms with Crippen LogP contribution >= 0.6 is 0 Å². The van der Waals surface area contributed by atoms with Gasteiger partial charge >= 0.3 is 0 Å². The number of benzene rings is 2. The molecule has 0 unspecified atom stereocenters. The zero-order valence-electron chi connectivity index (χ0n) is 19.7. The number of piperidine rings is 1. The van der Waals surface area contributed by atoms with Crippen molar-refractivity contribution in [1.82, 2.24) is 9.21 Å². The Balaban J connectivity index is 1.76. The Morgan fingerprint density at radius 2 is 1.82 bits per heavy atom. The van der Waals surface area contributed by atoms with Crippen LogP contribution in [0.4, 0.5) is 14.5 Å². The highest BCUT2D eigenvalue weighted by Gasteiger charge is 2.27. The summed E-state index contributed by atoms with van der Waals surface area (Å²) >= 11 is 0. The molecule has 3 rings (SSSR count). The van der Waals surface area contributed by atoms with E-state index < -0.39 is 27.6 Å². The molecule has 0 radical (unpaired) electrons. The van der Waals surface area contributed by atoms with Crippen LogP contribution < -0.4 is 10.1 Å². The first kappa shape index (κ1) is 26.1. The Morgan fingerprint density at radius 1 is 1.12 bits per heavy atom. The number of rotatable bonds is 9. The van der Waals surface area contributed by atoms with Crippen LogP contribution in [0.15, 0.2) is 41.3 Å². The number of carbonyl (C=O) groups excluding carboxylic acids is 1. The lowest BCUT2D eigenvalue weighted by Gasteiger charge is -2.26. The summed E-state index contributed by atoms with van der Waals surface area (Å²) < 4.78 is 60.5. The normalized spacial score (nSPS) is 15.0. The second-order valence-electron chi connectivity index (χ2n) is 8.75. The van der Waals surface area contributed by atoms with Gasteiger partial charge in [-0.15, -0.1) is 0 Å². The first-order chi connectivity index (χ1) is 16.1. The van der Waals surface area contributed by atoms with E-state index in [-0.39, 0.29) is 35.3 Å². The highest BCUT2D eigenvalue weighted by molar-refractivity contribution is 7.89. The third-order valence-electron chi connectivity index (χ3n) is 5.41. The van der Waals surface area contributed by atoms with Crippen LogP contribution in [0.2, 0.25) is 0 Å². The Bertz CT molecular complexity index is 1120. The van der Waals surface area contributed by atoms with Gasteiger partial charge in [0.15, 0.2) is 0 Å². The number of carbonyl (C=O) groups is 1. The Morgan fingerprint density at radius 3 is 2.47 bits per heavy atom. The van der Waals surface area contributed by atoms with Crippen molar-refractivity contribution >= 4 is 21.6 Å². The lowest BCUT2D eigenvalue weighted by molar-refractivity contribution is -0.117. The van der Waals surface area contributed by atoms with Gasteiger partial charge in [-0.3, -0.25) is 9.69 Å². The number of nitrogens with zero attached hydrogens (tertiary/aromatic N) is 2. The van der Waals surface area contributed by atoms with Crippen molar-refractivity contribution in [2.45, 2.75) is 50.7 Å². The molecule has 1 amide bonds. The summed E-state index contributed by atoms with van der Waals surface area (Å²) in [6.07, 6.45) is 2.45. The minimum Gasteiger partial charge on any atom is -0.489 e. The number of hydrogen-bond donors (Lipinski definition) is 1.